The first-order valence-electron chi connectivity index (χ1n) is 17.0. The second-order valence-corrected chi connectivity index (χ2v) is 12.5. The quantitative estimate of drug-likeness (QED) is 0.0816. The molecule has 0 radical (unpaired) electrons. The minimum Gasteiger partial charge on any atom is -0.466 e. The second-order valence-electron chi connectivity index (χ2n) is 12.5. The fraction of sp³-hybridized carbons (Fsp3) is 0.395. The smallest absolute Gasteiger partial charge is 0.407 e. The maximum absolute atomic E-state index is 13.7. The van der Waals surface area contributed by atoms with Gasteiger partial charge in [0.2, 0.25) is 5.91 Å². The van der Waals surface area contributed by atoms with Crippen LogP contribution in [0.4, 0.5) is 4.79 Å². The van der Waals surface area contributed by atoms with Crippen LogP contribution >= 0.6 is 0 Å². The van der Waals surface area contributed by atoms with Gasteiger partial charge in [0.25, 0.3) is 5.91 Å². The molecule has 5 N–H and O–H groups in total. The number of likely N-dealkylation sites (tertiary alicyclic amines) is 1. The van der Waals surface area contributed by atoms with E-state index >= 15 is 0 Å². The topological polar surface area (TPSA) is 164 Å². The minimum absolute atomic E-state index is 0.0255. The van der Waals surface area contributed by atoms with Crippen molar-refractivity contribution < 1.29 is 28.7 Å². The van der Waals surface area contributed by atoms with Gasteiger partial charge in [-0.05, 0) is 79.3 Å². The molecule has 1 atom stereocenters. The average molecular weight is 668 g/mol. The lowest BCUT2D eigenvalue weighted by Crippen LogP contribution is -2.51. The fourth-order valence-electron chi connectivity index (χ4n) is 6.65. The van der Waals surface area contributed by atoms with E-state index in [-0.39, 0.29) is 36.2 Å². The van der Waals surface area contributed by atoms with Crippen molar-refractivity contribution in [3.05, 3.63) is 95.1 Å². The number of benzene rings is 3. The number of nitrogens with one attached hydrogen (secondary N) is 3. The monoisotopic (exact) mass is 667 g/mol. The Kier molecular flexibility index (Phi) is 12.0. The number of nitrogens with two attached hydrogens (primary N) is 1. The number of piperidine rings is 1. The van der Waals surface area contributed by atoms with E-state index in [0.717, 1.165) is 22.3 Å². The van der Waals surface area contributed by atoms with Gasteiger partial charge in [-0.3, -0.25) is 19.8 Å². The third-order valence-electron chi connectivity index (χ3n) is 9.28. The number of unbranched alkanes of at least 4 members (excludes halogenated alkanes) is 1. The summed E-state index contributed by atoms with van der Waals surface area (Å²) in [6.07, 6.45) is 2.74. The van der Waals surface area contributed by atoms with Crippen LogP contribution in [-0.4, -0.2) is 73.5 Å². The van der Waals surface area contributed by atoms with E-state index < -0.39 is 18.0 Å². The number of nitrogen functional groups attached to an aromatic ring is 1. The summed E-state index contributed by atoms with van der Waals surface area (Å²) < 4.78 is 10.7. The summed E-state index contributed by atoms with van der Waals surface area (Å²) in [6.45, 7) is 3.69. The molecule has 1 saturated heterocycles. The van der Waals surface area contributed by atoms with Gasteiger partial charge in [-0.1, -0.05) is 60.7 Å². The minimum atomic E-state index is -0.768. The van der Waals surface area contributed by atoms with Crippen molar-refractivity contribution in [1.82, 2.24) is 15.5 Å². The van der Waals surface area contributed by atoms with Crippen LogP contribution in [0.15, 0.2) is 72.8 Å². The number of ether oxygens (including phenoxy) is 2. The van der Waals surface area contributed by atoms with Gasteiger partial charge in [0.1, 0.15) is 18.5 Å². The van der Waals surface area contributed by atoms with E-state index in [0.29, 0.717) is 75.9 Å². The highest BCUT2D eigenvalue weighted by atomic mass is 16.5. The average Bonchev–Trinajstić information content (AvgIpc) is 3.43. The van der Waals surface area contributed by atoms with Gasteiger partial charge in [0.15, 0.2) is 0 Å². The van der Waals surface area contributed by atoms with Crippen molar-refractivity contribution >= 4 is 29.7 Å². The first-order chi connectivity index (χ1) is 23.7. The van der Waals surface area contributed by atoms with Gasteiger partial charge in [-0.2, -0.15) is 0 Å². The van der Waals surface area contributed by atoms with E-state index in [4.69, 9.17) is 20.6 Å². The largest absolute Gasteiger partial charge is 0.466 e. The molecule has 0 saturated carbocycles. The Labute approximate surface area is 287 Å². The van der Waals surface area contributed by atoms with E-state index in [9.17, 15) is 19.2 Å². The van der Waals surface area contributed by atoms with Gasteiger partial charge >= 0.3 is 12.1 Å². The number of fused-ring (bicyclic) bond motifs is 3. The van der Waals surface area contributed by atoms with Gasteiger partial charge < -0.3 is 30.7 Å². The Hall–Kier alpha value is -5.19. The lowest BCUT2D eigenvalue weighted by Gasteiger charge is -2.34. The van der Waals surface area contributed by atoms with E-state index in [2.05, 4.69) is 34.9 Å². The molecule has 3 amide bonds. The highest BCUT2D eigenvalue weighted by Gasteiger charge is 2.31. The summed E-state index contributed by atoms with van der Waals surface area (Å²) in [5.41, 5.74) is 11.0. The summed E-state index contributed by atoms with van der Waals surface area (Å²) in [7, 11) is 0. The number of carbonyl (C=O) groups is 4. The van der Waals surface area contributed by atoms with Gasteiger partial charge in [0, 0.05) is 43.1 Å². The molecule has 3 aromatic carbocycles. The molecule has 1 aliphatic heterocycles. The van der Waals surface area contributed by atoms with Crippen molar-refractivity contribution in [2.75, 3.05) is 32.8 Å². The number of rotatable bonds is 14. The molecule has 0 spiro atoms. The maximum Gasteiger partial charge on any atom is 0.407 e. The molecule has 2 aliphatic rings. The molecule has 0 unspecified atom stereocenters. The Morgan fingerprint density at radius 2 is 1.49 bits per heavy atom. The lowest BCUT2D eigenvalue weighted by atomic mass is 9.93. The van der Waals surface area contributed by atoms with Crippen molar-refractivity contribution in [3.63, 3.8) is 0 Å². The number of amidine groups is 1. The summed E-state index contributed by atoms with van der Waals surface area (Å²) >= 11 is 0. The molecule has 49 heavy (non-hydrogen) atoms. The normalized spacial score (nSPS) is 14.7. The van der Waals surface area contributed by atoms with Crippen LogP contribution in [-0.2, 0) is 19.1 Å². The Morgan fingerprint density at radius 3 is 2.10 bits per heavy atom. The molecular formula is C38H45N5O6. The Bertz CT molecular complexity index is 1600. The number of esters is 1. The van der Waals surface area contributed by atoms with Crippen molar-refractivity contribution in [2.45, 2.75) is 57.4 Å². The maximum atomic E-state index is 13.7. The second kappa shape index (κ2) is 16.8. The highest BCUT2D eigenvalue weighted by molar-refractivity contribution is 5.99. The summed E-state index contributed by atoms with van der Waals surface area (Å²) in [5.74, 6) is -0.768. The number of hydrogen-bond donors (Lipinski definition) is 4. The van der Waals surface area contributed by atoms with Gasteiger partial charge in [-0.25, -0.2) is 4.79 Å². The van der Waals surface area contributed by atoms with E-state index in [1.54, 1.807) is 36.1 Å². The summed E-state index contributed by atoms with van der Waals surface area (Å²) in [6, 6.07) is 21.9. The third-order valence-corrected chi connectivity index (χ3v) is 9.28. The first kappa shape index (κ1) is 35.1. The Balaban J connectivity index is 1.12. The first-order valence-corrected chi connectivity index (χ1v) is 17.0. The summed E-state index contributed by atoms with van der Waals surface area (Å²) in [4.78, 5) is 53.2. The van der Waals surface area contributed by atoms with Crippen LogP contribution in [0.5, 0.6) is 0 Å². The molecule has 11 heteroatoms. The van der Waals surface area contributed by atoms with Gasteiger partial charge in [-0.15, -0.1) is 0 Å². The van der Waals surface area contributed by atoms with Crippen LogP contribution in [0.3, 0.4) is 0 Å². The highest BCUT2D eigenvalue weighted by Crippen LogP contribution is 2.44. The summed E-state index contributed by atoms with van der Waals surface area (Å²) in [5, 5.41) is 13.3. The van der Waals surface area contributed by atoms with Crippen LogP contribution in [0.1, 0.15) is 78.4 Å². The lowest BCUT2D eigenvalue weighted by molar-refractivity contribution is -0.144. The zero-order valence-electron chi connectivity index (χ0n) is 27.9. The van der Waals surface area contributed by atoms with Crippen molar-refractivity contribution in [1.29, 1.82) is 5.41 Å². The fourth-order valence-corrected chi connectivity index (χ4v) is 6.65. The van der Waals surface area contributed by atoms with E-state index in [1.165, 1.54) is 0 Å². The zero-order valence-corrected chi connectivity index (χ0v) is 27.9. The van der Waals surface area contributed by atoms with E-state index in [1.807, 2.05) is 24.3 Å². The number of alkyl carbamates (subject to hydrolysis) is 1. The zero-order chi connectivity index (χ0) is 34.8. The standard InChI is InChI=1S/C38H45N5O6/c1-2-48-34(44)23-25-18-21-43(22-19-25)37(46)33(42-36(45)27-16-14-26(15-17-27)35(39)40)13-7-8-20-41-38(47)49-24-32-30-11-5-3-9-28(30)29-10-4-6-12-31(29)32/h3-6,9-12,14-17,25,32-33H,2,7-8,13,18-24H2,1H3,(H3,39,40)(H,41,47)(H,42,45)/t33-/m1/s1. The molecule has 1 fully saturated rings. The molecule has 0 aromatic heterocycles. The van der Waals surface area contributed by atoms with Gasteiger partial charge in [0.05, 0.1) is 6.61 Å². The van der Waals surface area contributed by atoms with Crippen molar-refractivity contribution in [3.8, 4) is 11.1 Å². The van der Waals surface area contributed by atoms with Crippen molar-refractivity contribution in [2.24, 2.45) is 11.7 Å². The molecule has 0 bridgehead atoms. The van der Waals surface area contributed by atoms with Crippen LogP contribution in [0.25, 0.3) is 11.1 Å². The van der Waals surface area contributed by atoms with Crippen LogP contribution in [0, 0.1) is 11.3 Å². The third kappa shape index (κ3) is 9.04. The number of carbonyl (C=O) groups excluding carboxylic acids is 4. The number of hydrogen-bond acceptors (Lipinski definition) is 7. The van der Waals surface area contributed by atoms with Crippen LogP contribution < -0.4 is 16.4 Å². The molecule has 1 heterocycles. The molecule has 11 nitrogen and oxygen atoms in total. The number of nitrogens with zero attached hydrogens (tertiary/aromatic N) is 1. The number of amides is 3. The van der Waals surface area contributed by atoms with Crippen LogP contribution in [0.2, 0.25) is 0 Å². The Morgan fingerprint density at radius 1 is 0.878 bits per heavy atom. The molecule has 258 valence electrons. The SMILES string of the molecule is CCOC(=O)CC1CCN(C(=O)[C@@H](CCCCNC(=O)OCC2c3ccccc3-c3ccccc32)NC(=O)c2ccc(C(=N)N)cc2)CC1. The predicted molar refractivity (Wildman–Crippen MR) is 186 cm³/mol. The molecule has 3 aromatic rings. The molecular weight excluding hydrogens is 622 g/mol. The molecule has 1 aliphatic carbocycles. The predicted octanol–water partition coefficient (Wildman–Crippen LogP) is 4.97. The molecule has 5 rings (SSSR count).